The lowest BCUT2D eigenvalue weighted by Gasteiger charge is -2.02. The van der Waals surface area contributed by atoms with Gasteiger partial charge in [-0.1, -0.05) is 12.1 Å². The molecule has 1 aromatic heterocycles. The van der Waals surface area contributed by atoms with Crippen molar-refractivity contribution in [2.75, 3.05) is 5.43 Å². The number of benzene rings is 1. The summed E-state index contributed by atoms with van der Waals surface area (Å²) >= 11 is 0. The van der Waals surface area contributed by atoms with Crippen molar-refractivity contribution < 1.29 is 0 Å². The van der Waals surface area contributed by atoms with Gasteiger partial charge in [0, 0.05) is 11.6 Å². The summed E-state index contributed by atoms with van der Waals surface area (Å²) in [5, 5.41) is 27.0. The van der Waals surface area contributed by atoms with Crippen molar-refractivity contribution in [3.05, 3.63) is 46.8 Å². The normalized spacial score (nSPS) is 9.10. The van der Waals surface area contributed by atoms with E-state index in [2.05, 4.69) is 20.7 Å². The molecule has 0 bridgehead atoms. The van der Waals surface area contributed by atoms with Gasteiger partial charge in [-0.25, -0.2) is 5.10 Å². The van der Waals surface area contributed by atoms with Gasteiger partial charge < -0.3 is 0 Å². The Hall–Kier alpha value is -3.45. The minimum absolute atomic E-state index is 0.253. The summed E-state index contributed by atoms with van der Waals surface area (Å²) in [5.41, 5.74) is 4.16. The van der Waals surface area contributed by atoms with Crippen LogP contribution in [0, 0.1) is 22.7 Å². The van der Waals surface area contributed by atoms with Gasteiger partial charge in [-0.2, -0.15) is 20.7 Å². The van der Waals surface area contributed by atoms with Crippen molar-refractivity contribution in [1.82, 2.24) is 10.2 Å². The van der Waals surface area contributed by atoms with Crippen LogP contribution in [0.1, 0.15) is 0 Å². The van der Waals surface area contributed by atoms with Crippen LogP contribution < -0.4 is 11.0 Å². The van der Waals surface area contributed by atoms with Crippen LogP contribution >= 0.6 is 0 Å². The molecule has 96 valence electrons. The molecule has 1 aromatic carbocycles. The zero-order valence-electron chi connectivity index (χ0n) is 10.2. The summed E-state index contributed by atoms with van der Waals surface area (Å²) in [7, 11) is 0. The average Bonchev–Trinajstić information content (AvgIpc) is 2.50. The van der Waals surface area contributed by atoms with Gasteiger partial charge in [-0.15, -0.1) is 0 Å². The summed E-state index contributed by atoms with van der Waals surface area (Å²) in [6, 6.07) is 13.3. The molecule has 0 saturated heterocycles. The van der Waals surface area contributed by atoms with E-state index in [-0.39, 0.29) is 11.3 Å². The fourth-order valence-electron chi connectivity index (χ4n) is 1.42. The van der Waals surface area contributed by atoms with Crippen molar-refractivity contribution in [1.29, 1.82) is 10.5 Å². The molecule has 0 unspecified atom stereocenters. The van der Waals surface area contributed by atoms with Crippen molar-refractivity contribution in [3.63, 3.8) is 0 Å². The fourth-order valence-corrected chi connectivity index (χ4v) is 1.42. The number of hydrogen-bond acceptors (Lipinski definition) is 6. The number of aromatic amines is 1. The molecule has 0 amide bonds. The summed E-state index contributed by atoms with van der Waals surface area (Å²) in [4.78, 5) is 10.9. The van der Waals surface area contributed by atoms with E-state index in [1.165, 1.54) is 6.07 Å². The third kappa shape index (κ3) is 3.06. The van der Waals surface area contributed by atoms with E-state index in [0.29, 0.717) is 11.4 Å². The molecule has 0 aliphatic rings. The first-order valence-electron chi connectivity index (χ1n) is 5.53. The largest absolute Gasteiger partial charge is 0.277 e. The lowest BCUT2D eigenvalue weighted by molar-refractivity contribution is 0.995. The fraction of sp³-hybridized carbons (Fsp3) is 0. The molecule has 7 heteroatoms. The second-order valence-corrected chi connectivity index (χ2v) is 3.68. The summed E-state index contributed by atoms with van der Waals surface area (Å²) in [6.07, 6.45) is 0. The number of hydrogen-bond donors (Lipinski definition) is 2. The molecule has 0 atom stereocenters. The molecule has 2 aromatic rings. The van der Waals surface area contributed by atoms with Crippen LogP contribution in [0.4, 0.5) is 5.69 Å². The number of rotatable bonds is 3. The zero-order valence-corrected chi connectivity index (χ0v) is 10.2. The first-order valence-corrected chi connectivity index (χ1v) is 5.53. The minimum Gasteiger partial charge on any atom is -0.277 e. The number of hydrazone groups is 1. The quantitative estimate of drug-likeness (QED) is 0.639. The van der Waals surface area contributed by atoms with Gasteiger partial charge >= 0.3 is 0 Å². The molecular formula is C13H8N6O. The second kappa shape index (κ2) is 5.94. The summed E-state index contributed by atoms with van der Waals surface area (Å²) < 4.78 is 0. The van der Waals surface area contributed by atoms with Gasteiger partial charge in [0.05, 0.1) is 11.4 Å². The molecule has 2 N–H and O–H groups in total. The van der Waals surface area contributed by atoms with Crippen LogP contribution in [-0.2, 0) is 0 Å². The first-order chi connectivity index (χ1) is 9.72. The van der Waals surface area contributed by atoms with E-state index in [1.807, 2.05) is 0 Å². The van der Waals surface area contributed by atoms with E-state index >= 15 is 0 Å². The molecule has 2 rings (SSSR count). The van der Waals surface area contributed by atoms with Gasteiger partial charge in [0.2, 0.25) is 5.71 Å². The van der Waals surface area contributed by atoms with Crippen molar-refractivity contribution in [2.45, 2.75) is 0 Å². The van der Waals surface area contributed by atoms with Gasteiger partial charge in [0.15, 0.2) is 0 Å². The monoisotopic (exact) mass is 264 g/mol. The maximum atomic E-state index is 10.9. The highest BCUT2D eigenvalue weighted by atomic mass is 16.1. The predicted molar refractivity (Wildman–Crippen MR) is 72.6 cm³/mol. The predicted octanol–water partition coefficient (Wildman–Crippen LogP) is 1.25. The SMILES string of the molecule is N#CC(C#N)=NNc1ccc(-c2ccc(=O)[nH]n2)cc1. The Morgan fingerprint density at radius 3 is 2.40 bits per heavy atom. The molecule has 1 heterocycles. The lowest BCUT2D eigenvalue weighted by Crippen LogP contribution is -2.05. The number of aromatic nitrogens is 2. The van der Waals surface area contributed by atoms with Crippen LogP contribution in [0.2, 0.25) is 0 Å². The van der Waals surface area contributed by atoms with Crippen LogP contribution in [0.5, 0.6) is 0 Å². The van der Waals surface area contributed by atoms with E-state index in [0.717, 1.165) is 5.56 Å². The molecule has 0 saturated carbocycles. The Balaban J connectivity index is 2.17. The molecular weight excluding hydrogens is 256 g/mol. The third-order valence-corrected chi connectivity index (χ3v) is 2.37. The molecule has 0 spiro atoms. The third-order valence-electron chi connectivity index (χ3n) is 2.37. The van der Waals surface area contributed by atoms with Crippen LogP contribution in [0.15, 0.2) is 46.3 Å². The van der Waals surface area contributed by atoms with Gasteiger partial charge in [-0.3, -0.25) is 10.2 Å². The molecule has 7 nitrogen and oxygen atoms in total. The topological polar surface area (TPSA) is 118 Å². The molecule has 0 radical (unpaired) electrons. The number of nitrogens with zero attached hydrogens (tertiary/aromatic N) is 4. The Bertz CT molecular complexity index is 740. The van der Waals surface area contributed by atoms with E-state index in [1.54, 1.807) is 42.5 Å². The lowest BCUT2D eigenvalue weighted by atomic mass is 10.1. The smallest absolute Gasteiger partial charge is 0.264 e. The molecule has 0 aliphatic heterocycles. The maximum Gasteiger partial charge on any atom is 0.264 e. The summed E-state index contributed by atoms with van der Waals surface area (Å²) in [6.45, 7) is 0. The molecule has 0 fully saturated rings. The Labute approximate surface area is 113 Å². The standard InChI is InChI=1S/C13H8N6O/c14-7-11(8-15)17-16-10-3-1-9(2-4-10)12-5-6-13(20)19-18-12/h1-6,16H,(H,19,20). The van der Waals surface area contributed by atoms with Gasteiger partial charge in [0.25, 0.3) is 5.56 Å². The van der Waals surface area contributed by atoms with Crippen LogP contribution in [-0.4, -0.2) is 15.9 Å². The van der Waals surface area contributed by atoms with Crippen molar-refractivity contribution in [2.24, 2.45) is 5.10 Å². The highest BCUT2D eigenvalue weighted by Gasteiger charge is 2.00. The van der Waals surface area contributed by atoms with Gasteiger partial charge in [0.1, 0.15) is 12.1 Å². The average molecular weight is 264 g/mol. The number of H-pyrrole nitrogens is 1. The number of anilines is 1. The second-order valence-electron chi connectivity index (χ2n) is 3.68. The van der Waals surface area contributed by atoms with Gasteiger partial charge in [-0.05, 0) is 18.2 Å². The number of nitriles is 2. The Morgan fingerprint density at radius 2 is 1.85 bits per heavy atom. The van der Waals surface area contributed by atoms with Crippen molar-refractivity contribution in [3.8, 4) is 23.4 Å². The summed E-state index contributed by atoms with van der Waals surface area (Å²) in [5.74, 6) is 0. The van der Waals surface area contributed by atoms with E-state index in [9.17, 15) is 4.79 Å². The van der Waals surface area contributed by atoms with E-state index < -0.39 is 0 Å². The van der Waals surface area contributed by atoms with Crippen LogP contribution in [0.25, 0.3) is 11.3 Å². The highest BCUT2D eigenvalue weighted by molar-refractivity contribution is 6.10. The Morgan fingerprint density at radius 1 is 1.15 bits per heavy atom. The van der Waals surface area contributed by atoms with Crippen molar-refractivity contribution >= 4 is 11.4 Å². The molecule has 20 heavy (non-hydrogen) atoms. The van der Waals surface area contributed by atoms with Crippen LogP contribution in [0.3, 0.4) is 0 Å². The maximum absolute atomic E-state index is 10.9. The van der Waals surface area contributed by atoms with E-state index in [4.69, 9.17) is 10.5 Å². The number of nitrogens with one attached hydrogen (secondary N) is 2. The minimum atomic E-state index is -0.262. The molecule has 0 aliphatic carbocycles. The zero-order chi connectivity index (χ0) is 14.4. The Kier molecular flexibility index (Phi) is 3.86. The highest BCUT2D eigenvalue weighted by Crippen LogP contribution is 2.18. The first kappa shape index (κ1) is 13.0.